The van der Waals surface area contributed by atoms with E-state index in [0.29, 0.717) is 16.7 Å². The number of carbonyl (C=O) groups excluding carboxylic acids is 1. The molecule has 0 aliphatic heterocycles. The Bertz CT molecular complexity index is 721. The molecular weight excluding hydrogens is 324 g/mol. The van der Waals surface area contributed by atoms with E-state index in [1.807, 2.05) is 0 Å². The number of carbonyl (C=O) groups is 1. The van der Waals surface area contributed by atoms with Gasteiger partial charge in [0.15, 0.2) is 0 Å². The molecule has 3 rings (SSSR count). The van der Waals surface area contributed by atoms with E-state index >= 15 is 0 Å². The number of hydrogen-bond donors (Lipinski definition) is 4. The molecule has 0 saturated heterocycles. The Balaban J connectivity index is 1.84. The van der Waals surface area contributed by atoms with Crippen molar-refractivity contribution in [1.29, 1.82) is 0 Å². The molecule has 20 heavy (non-hydrogen) atoms. The zero-order valence-electron chi connectivity index (χ0n) is 10.7. The van der Waals surface area contributed by atoms with E-state index in [-0.39, 0.29) is 23.6 Å². The lowest BCUT2D eigenvalue weighted by Gasteiger charge is -2.12. The maximum atomic E-state index is 12.2. The molecule has 2 aromatic rings. The smallest absolute Gasteiger partial charge is 0.323 e. The van der Waals surface area contributed by atoms with Gasteiger partial charge in [0.1, 0.15) is 0 Å². The zero-order chi connectivity index (χ0) is 14.3. The summed E-state index contributed by atoms with van der Waals surface area (Å²) in [5.41, 5.74) is 7.58. The fraction of sp³-hybridized carbons (Fsp3) is 0.385. The van der Waals surface area contributed by atoms with Crippen molar-refractivity contribution >= 4 is 38.6 Å². The number of H-pyrrole nitrogens is 2. The number of aromatic nitrogens is 2. The topological polar surface area (TPSA) is 104 Å². The molecule has 0 radical (unpaired) electrons. The van der Waals surface area contributed by atoms with Crippen LogP contribution in [0.2, 0.25) is 0 Å². The van der Waals surface area contributed by atoms with Crippen LogP contribution < -0.4 is 16.7 Å². The van der Waals surface area contributed by atoms with E-state index in [1.54, 1.807) is 12.1 Å². The number of nitrogens with one attached hydrogen (secondary N) is 3. The summed E-state index contributed by atoms with van der Waals surface area (Å²) in [6, 6.07) is 3.63. The van der Waals surface area contributed by atoms with Gasteiger partial charge in [0.05, 0.1) is 16.7 Å². The van der Waals surface area contributed by atoms with Crippen molar-refractivity contribution in [2.24, 2.45) is 11.7 Å². The van der Waals surface area contributed by atoms with E-state index in [2.05, 4.69) is 31.2 Å². The van der Waals surface area contributed by atoms with Crippen LogP contribution in [0.25, 0.3) is 11.0 Å². The SMILES string of the molecule is NC1CCC(C(=O)Nc2cc3[nH]c(=O)[nH]c3cc2Br)C1. The third kappa shape index (κ3) is 2.51. The lowest BCUT2D eigenvalue weighted by atomic mass is 10.1. The molecule has 1 fully saturated rings. The van der Waals surface area contributed by atoms with Crippen LogP contribution in [-0.4, -0.2) is 21.9 Å². The Morgan fingerprint density at radius 1 is 1.30 bits per heavy atom. The first-order valence-electron chi connectivity index (χ1n) is 6.51. The second-order valence-electron chi connectivity index (χ2n) is 5.22. The van der Waals surface area contributed by atoms with Crippen LogP contribution in [0, 0.1) is 5.92 Å². The highest BCUT2D eigenvalue weighted by atomic mass is 79.9. The van der Waals surface area contributed by atoms with Gasteiger partial charge in [-0.1, -0.05) is 0 Å². The Morgan fingerprint density at radius 3 is 2.65 bits per heavy atom. The second-order valence-corrected chi connectivity index (χ2v) is 6.07. The maximum Gasteiger partial charge on any atom is 0.323 e. The molecule has 1 amide bonds. The maximum absolute atomic E-state index is 12.2. The molecule has 2 unspecified atom stereocenters. The average Bonchev–Trinajstić information content (AvgIpc) is 2.95. The lowest BCUT2D eigenvalue weighted by molar-refractivity contribution is -0.119. The minimum Gasteiger partial charge on any atom is -0.328 e. The van der Waals surface area contributed by atoms with Crippen LogP contribution in [0.1, 0.15) is 19.3 Å². The minimum atomic E-state index is -0.267. The van der Waals surface area contributed by atoms with Crippen molar-refractivity contribution in [2.75, 3.05) is 5.32 Å². The predicted molar refractivity (Wildman–Crippen MR) is 80.6 cm³/mol. The van der Waals surface area contributed by atoms with Crippen LogP contribution in [-0.2, 0) is 4.79 Å². The second kappa shape index (κ2) is 5.06. The largest absolute Gasteiger partial charge is 0.328 e. The van der Waals surface area contributed by atoms with Crippen molar-refractivity contribution < 1.29 is 4.79 Å². The number of hydrogen-bond acceptors (Lipinski definition) is 3. The van der Waals surface area contributed by atoms with Crippen molar-refractivity contribution in [3.63, 3.8) is 0 Å². The number of nitrogens with two attached hydrogens (primary N) is 1. The third-order valence-electron chi connectivity index (χ3n) is 3.71. The summed E-state index contributed by atoms with van der Waals surface area (Å²) in [4.78, 5) is 28.8. The van der Waals surface area contributed by atoms with Crippen LogP contribution in [0.5, 0.6) is 0 Å². The monoisotopic (exact) mass is 338 g/mol. The van der Waals surface area contributed by atoms with E-state index in [9.17, 15) is 9.59 Å². The fourth-order valence-corrected chi connectivity index (χ4v) is 3.08. The number of fused-ring (bicyclic) bond motifs is 1. The Kier molecular flexibility index (Phi) is 3.39. The Labute approximate surface area is 123 Å². The highest BCUT2D eigenvalue weighted by molar-refractivity contribution is 9.10. The van der Waals surface area contributed by atoms with Gasteiger partial charge in [0.25, 0.3) is 0 Å². The molecule has 5 N–H and O–H groups in total. The van der Waals surface area contributed by atoms with E-state index in [0.717, 1.165) is 23.7 Å². The molecule has 0 bridgehead atoms. The quantitative estimate of drug-likeness (QED) is 0.669. The van der Waals surface area contributed by atoms with Gasteiger partial charge in [-0.15, -0.1) is 0 Å². The molecule has 2 atom stereocenters. The molecule has 106 valence electrons. The van der Waals surface area contributed by atoms with Crippen LogP contribution >= 0.6 is 15.9 Å². The van der Waals surface area contributed by atoms with Gasteiger partial charge in [-0.2, -0.15) is 0 Å². The summed E-state index contributed by atoms with van der Waals surface area (Å²) in [5, 5.41) is 2.90. The van der Waals surface area contributed by atoms with Crippen LogP contribution in [0.15, 0.2) is 21.4 Å². The number of amides is 1. The van der Waals surface area contributed by atoms with E-state index < -0.39 is 0 Å². The van der Waals surface area contributed by atoms with E-state index in [4.69, 9.17) is 5.73 Å². The lowest BCUT2D eigenvalue weighted by Crippen LogP contribution is -2.23. The Hall–Kier alpha value is -1.60. The average molecular weight is 339 g/mol. The van der Waals surface area contributed by atoms with Gasteiger partial charge in [-0.05, 0) is 47.3 Å². The number of rotatable bonds is 2. The van der Waals surface area contributed by atoms with Gasteiger partial charge in [-0.25, -0.2) is 4.79 Å². The highest BCUT2D eigenvalue weighted by Crippen LogP contribution is 2.29. The summed E-state index contributed by atoms with van der Waals surface area (Å²) in [6.07, 6.45) is 2.45. The molecule has 1 aromatic carbocycles. The van der Waals surface area contributed by atoms with E-state index in [1.165, 1.54) is 0 Å². The highest BCUT2D eigenvalue weighted by Gasteiger charge is 2.28. The Morgan fingerprint density at radius 2 is 2.00 bits per heavy atom. The summed E-state index contributed by atoms with van der Waals surface area (Å²) in [7, 11) is 0. The molecule has 7 heteroatoms. The van der Waals surface area contributed by atoms with Gasteiger partial charge >= 0.3 is 5.69 Å². The first-order chi connectivity index (χ1) is 9.52. The van der Waals surface area contributed by atoms with Crippen molar-refractivity contribution in [3.8, 4) is 0 Å². The summed E-state index contributed by atoms with van der Waals surface area (Å²) >= 11 is 3.40. The van der Waals surface area contributed by atoms with Gasteiger partial charge in [-0.3, -0.25) is 4.79 Å². The van der Waals surface area contributed by atoms with Crippen LogP contribution in [0.3, 0.4) is 0 Å². The normalized spacial score (nSPS) is 22.3. The predicted octanol–water partition coefficient (Wildman–Crippen LogP) is 1.68. The van der Waals surface area contributed by atoms with Gasteiger partial charge < -0.3 is 21.0 Å². The number of aromatic amines is 2. The van der Waals surface area contributed by atoms with Crippen LogP contribution in [0.4, 0.5) is 5.69 Å². The zero-order valence-corrected chi connectivity index (χ0v) is 12.3. The first-order valence-corrected chi connectivity index (χ1v) is 7.30. The first kappa shape index (κ1) is 13.4. The van der Waals surface area contributed by atoms with Crippen molar-refractivity contribution in [3.05, 3.63) is 27.1 Å². The molecule has 1 heterocycles. The van der Waals surface area contributed by atoms with Gasteiger partial charge in [0, 0.05) is 16.4 Å². The minimum absolute atomic E-state index is 0.0177. The molecular formula is C13H15BrN4O2. The molecule has 1 aliphatic carbocycles. The number of benzene rings is 1. The van der Waals surface area contributed by atoms with Crippen molar-refractivity contribution in [2.45, 2.75) is 25.3 Å². The summed E-state index contributed by atoms with van der Waals surface area (Å²) in [6.45, 7) is 0. The summed E-state index contributed by atoms with van der Waals surface area (Å²) < 4.78 is 0.732. The summed E-state index contributed by atoms with van der Waals surface area (Å²) in [5.74, 6) is -0.0475. The van der Waals surface area contributed by atoms with Gasteiger partial charge in [0.2, 0.25) is 5.91 Å². The number of imidazole rings is 1. The third-order valence-corrected chi connectivity index (χ3v) is 4.36. The molecule has 1 saturated carbocycles. The number of halogens is 1. The number of anilines is 1. The van der Waals surface area contributed by atoms with Crippen molar-refractivity contribution in [1.82, 2.24) is 9.97 Å². The molecule has 1 aliphatic rings. The fourth-order valence-electron chi connectivity index (χ4n) is 2.64. The molecule has 6 nitrogen and oxygen atoms in total. The standard InChI is InChI=1S/C13H15BrN4O2/c14-8-4-10-11(18-13(20)17-10)5-9(8)16-12(19)6-1-2-7(15)3-6/h4-7H,1-3,15H2,(H,16,19)(H2,17,18,20). The molecule has 0 spiro atoms. The molecule has 1 aromatic heterocycles.